The van der Waals surface area contributed by atoms with E-state index in [1.807, 2.05) is 49.4 Å². The number of fused-ring (bicyclic) bond motifs is 2. The molecule has 9 nitrogen and oxygen atoms in total. The van der Waals surface area contributed by atoms with E-state index in [2.05, 4.69) is 15.9 Å². The third kappa shape index (κ3) is 5.42. The minimum Gasteiger partial charge on any atom is -0.491 e. The number of carbonyl (C=O) groups excluding carboxylic acids is 2. The highest BCUT2D eigenvalue weighted by Crippen LogP contribution is 2.60. The minimum atomic E-state index is -3.45. The molecule has 6 rings (SSSR count). The number of likely N-dealkylation sites (tertiary alicyclic amines) is 1. The van der Waals surface area contributed by atoms with Crippen LogP contribution in [0.5, 0.6) is 5.75 Å². The number of rotatable bonds is 8. The van der Waals surface area contributed by atoms with E-state index < -0.39 is 31.6 Å². The second-order valence-corrected chi connectivity index (χ2v) is 17.7. The number of nitrogens with zero attached hydrogens (tertiary/aromatic N) is 3. The highest BCUT2D eigenvalue weighted by Gasteiger charge is 2.67. The lowest BCUT2D eigenvalue weighted by Crippen LogP contribution is -2.45. The fourth-order valence-electron chi connectivity index (χ4n) is 7.80. The van der Waals surface area contributed by atoms with E-state index in [0.717, 1.165) is 22.9 Å². The number of aromatic nitrogens is 1. The zero-order valence-electron chi connectivity index (χ0n) is 26.4. The highest BCUT2D eigenvalue weighted by atomic mass is 79.9. The summed E-state index contributed by atoms with van der Waals surface area (Å²) in [6.45, 7) is 5.78. The number of benzene rings is 2. The molecular weight excluding hydrogens is 673 g/mol. The molecule has 2 fully saturated rings. The first kappa shape index (κ1) is 32.6. The molecule has 5 atom stereocenters. The molecule has 0 aliphatic carbocycles. The molecule has 0 radical (unpaired) electrons. The molecule has 0 bridgehead atoms. The summed E-state index contributed by atoms with van der Waals surface area (Å²) < 4.78 is 30.4. The van der Waals surface area contributed by atoms with Crippen molar-refractivity contribution in [3.05, 3.63) is 86.7 Å². The van der Waals surface area contributed by atoms with Crippen LogP contribution < -0.4 is 15.2 Å². The molecule has 46 heavy (non-hydrogen) atoms. The van der Waals surface area contributed by atoms with Gasteiger partial charge in [0.05, 0.1) is 44.5 Å². The standard InChI is InChI=1S/C34H39BrFN3O6Si/c1-21-31(46(3,4)36)29(18-30(41)37-15-5-7-25(37)20-40)45-34(21)26-17-23(35)11-14-27(26)39(33(34)43)19-22-9-12-24(13-10-22)38-16-6-8-28(44-2)32(38)42/h6,8-14,16-17,21,25,29,31,40H,5,7,15,18-20H2,1-4H3/t21-,25-,29+,31-,34+/m0/s1. The Morgan fingerprint density at radius 3 is 2.59 bits per heavy atom. The average molecular weight is 713 g/mol. The van der Waals surface area contributed by atoms with Crippen LogP contribution in [0.4, 0.5) is 9.80 Å². The van der Waals surface area contributed by atoms with Gasteiger partial charge in [-0.05, 0) is 74.0 Å². The molecule has 1 aromatic heterocycles. The van der Waals surface area contributed by atoms with Gasteiger partial charge in [0, 0.05) is 39.9 Å². The van der Waals surface area contributed by atoms with Gasteiger partial charge in [-0.3, -0.25) is 19.0 Å². The van der Waals surface area contributed by atoms with E-state index in [9.17, 15) is 19.5 Å². The van der Waals surface area contributed by atoms with Crippen molar-refractivity contribution in [2.45, 2.75) is 69.1 Å². The van der Waals surface area contributed by atoms with Gasteiger partial charge in [0.15, 0.2) is 11.4 Å². The number of carbonyl (C=O) groups is 2. The maximum absolute atomic E-state index is 16.2. The van der Waals surface area contributed by atoms with E-state index in [4.69, 9.17) is 9.47 Å². The van der Waals surface area contributed by atoms with E-state index in [1.165, 1.54) is 11.7 Å². The second kappa shape index (κ2) is 12.4. The summed E-state index contributed by atoms with van der Waals surface area (Å²) in [7, 11) is -2.00. The van der Waals surface area contributed by atoms with Crippen LogP contribution in [0.2, 0.25) is 18.6 Å². The Labute approximate surface area is 277 Å². The zero-order chi connectivity index (χ0) is 33.0. The summed E-state index contributed by atoms with van der Waals surface area (Å²) >= 11 is 3.57. The Balaban J connectivity index is 1.33. The van der Waals surface area contributed by atoms with Crippen LogP contribution in [0.1, 0.15) is 37.3 Å². The topological polar surface area (TPSA) is 101 Å². The van der Waals surface area contributed by atoms with Crippen molar-refractivity contribution in [3.63, 3.8) is 0 Å². The molecule has 12 heteroatoms. The van der Waals surface area contributed by atoms with Crippen molar-refractivity contribution in [2.24, 2.45) is 5.92 Å². The SMILES string of the molecule is COc1cccn(-c2ccc(CN3C(=O)[C@]4(O[C@H](CC(=O)N5CCC[C@H]5CO)[C@@H]([Si](C)(C)F)[C@@H]4C)c4cc(Br)ccc43)cc2)c1=O. The van der Waals surface area contributed by atoms with Gasteiger partial charge < -0.3 is 28.5 Å². The Hall–Kier alpha value is -3.32. The molecule has 0 saturated carbocycles. The van der Waals surface area contributed by atoms with Crippen LogP contribution in [-0.4, -0.2) is 67.2 Å². The summed E-state index contributed by atoms with van der Waals surface area (Å²) in [6.07, 6.45) is 2.37. The first-order chi connectivity index (χ1) is 21.9. The molecule has 3 aliphatic rings. The number of halogens is 2. The van der Waals surface area contributed by atoms with Gasteiger partial charge in [0.2, 0.25) is 14.3 Å². The lowest BCUT2D eigenvalue weighted by molar-refractivity contribution is -0.150. The van der Waals surface area contributed by atoms with E-state index in [0.29, 0.717) is 23.5 Å². The number of aliphatic hydroxyl groups excluding tert-OH is 1. The first-order valence-corrected chi connectivity index (χ1v) is 19.4. The number of amides is 2. The highest BCUT2D eigenvalue weighted by molar-refractivity contribution is 9.10. The number of hydrogen-bond acceptors (Lipinski definition) is 6. The van der Waals surface area contributed by atoms with Crippen molar-refractivity contribution >= 4 is 41.8 Å². The van der Waals surface area contributed by atoms with E-state index >= 15 is 4.11 Å². The predicted octanol–water partition coefficient (Wildman–Crippen LogP) is 5.30. The van der Waals surface area contributed by atoms with E-state index in [-0.39, 0.29) is 48.7 Å². The summed E-state index contributed by atoms with van der Waals surface area (Å²) in [4.78, 5) is 44.3. The summed E-state index contributed by atoms with van der Waals surface area (Å²) in [6, 6.07) is 16.1. The Kier molecular flexibility index (Phi) is 8.77. The fourth-order valence-corrected chi connectivity index (χ4v) is 10.7. The third-order valence-electron chi connectivity index (χ3n) is 9.89. The molecule has 1 N–H and O–H groups in total. The van der Waals surface area contributed by atoms with Gasteiger partial charge in [0.25, 0.3) is 11.5 Å². The molecule has 2 saturated heterocycles. The lowest BCUT2D eigenvalue weighted by atomic mass is 9.82. The van der Waals surface area contributed by atoms with Crippen molar-refractivity contribution in [1.29, 1.82) is 0 Å². The number of pyridine rings is 1. The largest absolute Gasteiger partial charge is 0.491 e. The normalized spacial score (nSPS) is 25.8. The van der Waals surface area contributed by atoms with Crippen molar-refractivity contribution < 1.29 is 28.3 Å². The first-order valence-electron chi connectivity index (χ1n) is 15.6. The van der Waals surface area contributed by atoms with Gasteiger partial charge >= 0.3 is 0 Å². The number of anilines is 1. The molecule has 2 aromatic carbocycles. The average Bonchev–Trinajstić information content (AvgIpc) is 3.68. The number of ether oxygens (including phenoxy) is 2. The molecule has 3 aliphatic heterocycles. The Morgan fingerprint density at radius 2 is 1.91 bits per heavy atom. The summed E-state index contributed by atoms with van der Waals surface area (Å²) in [5.41, 5.74) is 0.477. The van der Waals surface area contributed by atoms with Gasteiger partial charge in [-0.25, -0.2) is 0 Å². The molecule has 4 heterocycles. The molecular formula is C34H39BrFN3O6Si. The van der Waals surface area contributed by atoms with E-state index in [1.54, 1.807) is 41.2 Å². The van der Waals surface area contributed by atoms with Gasteiger partial charge in [0.1, 0.15) is 0 Å². The van der Waals surface area contributed by atoms with Crippen LogP contribution in [0, 0.1) is 5.92 Å². The summed E-state index contributed by atoms with van der Waals surface area (Å²) in [5.74, 6) is -0.758. The van der Waals surface area contributed by atoms with Gasteiger partial charge in [-0.1, -0.05) is 35.0 Å². The predicted molar refractivity (Wildman–Crippen MR) is 178 cm³/mol. The van der Waals surface area contributed by atoms with Crippen molar-refractivity contribution in [3.8, 4) is 11.4 Å². The third-order valence-corrected chi connectivity index (χ3v) is 12.8. The minimum absolute atomic E-state index is 0.0463. The van der Waals surface area contributed by atoms with Gasteiger partial charge in [-0.2, -0.15) is 0 Å². The van der Waals surface area contributed by atoms with Gasteiger partial charge in [-0.15, -0.1) is 0 Å². The maximum Gasteiger partial charge on any atom is 0.297 e. The molecule has 244 valence electrons. The van der Waals surface area contributed by atoms with Crippen LogP contribution in [0.15, 0.2) is 70.1 Å². The summed E-state index contributed by atoms with van der Waals surface area (Å²) in [5, 5.41) is 9.81. The maximum atomic E-state index is 16.2. The quantitative estimate of drug-likeness (QED) is 0.251. The van der Waals surface area contributed by atoms with Crippen molar-refractivity contribution in [1.82, 2.24) is 9.47 Å². The Bertz CT molecular complexity index is 1710. The number of methoxy groups -OCH3 is 1. The fraction of sp³-hybridized carbons (Fsp3) is 0.441. The van der Waals surface area contributed by atoms with Crippen molar-refractivity contribution in [2.75, 3.05) is 25.2 Å². The molecule has 3 aromatic rings. The second-order valence-electron chi connectivity index (χ2n) is 13.0. The van der Waals surface area contributed by atoms with Crippen LogP contribution in [0.25, 0.3) is 5.69 Å². The number of aliphatic hydroxyl groups is 1. The molecule has 0 unspecified atom stereocenters. The number of hydrogen-bond donors (Lipinski definition) is 1. The van der Waals surface area contributed by atoms with Crippen LogP contribution >= 0.6 is 15.9 Å². The molecule has 1 spiro atoms. The molecule has 2 amide bonds. The lowest BCUT2D eigenvalue weighted by Gasteiger charge is -2.31. The van der Waals surface area contributed by atoms with Crippen LogP contribution in [-0.2, 0) is 26.5 Å². The monoisotopic (exact) mass is 711 g/mol. The Morgan fingerprint density at radius 1 is 1.17 bits per heavy atom. The van der Waals surface area contributed by atoms with Crippen LogP contribution in [0.3, 0.4) is 0 Å². The zero-order valence-corrected chi connectivity index (χ0v) is 29.0. The smallest absolute Gasteiger partial charge is 0.297 e.